The maximum atomic E-state index is 13.1. The Bertz CT molecular complexity index is 1360. The van der Waals surface area contributed by atoms with Gasteiger partial charge in [-0.05, 0) is 85.0 Å². The highest BCUT2D eigenvalue weighted by molar-refractivity contribution is 8.27. The fraction of sp³-hybridized carbons (Fsp3) is 0.207. The standard InChI is InChI=1S/C29H28N2O4S2/c1-5-20-6-9-23(10-7-20)31-28(33)26(37-29(31)36)16-21-8-11-24(25(15-21)34-4)35-17-27(32)30-22-13-18(2)12-19(3)14-22/h6-16H,5,17H2,1-4H3,(H,30,32)/b26-16-. The largest absolute Gasteiger partial charge is 0.493 e. The van der Waals surface area contributed by atoms with Crippen LogP contribution in [0.25, 0.3) is 6.08 Å². The molecule has 0 aliphatic carbocycles. The summed E-state index contributed by atoms with van der Waals surface area (Å²) in [5.74, 6) is 0.450. The Morgan fingerprint density at radius 3 is 2.38 bits per heavy atom. The van der Waals surface area contributed by atoms with Crippen molar-refractivity contribution in [1.29, 1.82) is 0 Å². The maximum Gasteiger partial charge on any atom is 0.270 e. The Hall–Kier alpha value is -3.62. The molecule has 3 aromatic carbocycles. The van der Waals surface area contributed by atoms with Crippen LogP contribution in [-0.2, 0) is 16.0 Å². The predicted molar refractivity (Wildman–Crippen MR) is 155 cm³/mol. The smallest absolute Gasteiger partial charge is 0.270 e. The van der Waals surface area contributed by atoms with Crippen molar-refractivity contribution in [3.05, 3.63) is 87.8 Å². The Labute approximate surface area is 226 Å². The number of rotatable bonds is 8. The van der Waals surface area contributed by atoms with E-state index in [0.29, 0.717) is 20.7 Å². The first-order valence-electron chi connectivity index (χ1n) is 11.8. The first-order chi connectivity index (χ1) is 17.8. The van der Waals surface area contributed by atoms with Crippen molar-refractivity contribution >= 4 is 57.6 Å². The lowest BCUT2D eigenvalue weighted by Crippen LogP contribution is -2.27. The summed E-state index contributed by atoms with van der Waals surface area (Å²) in [6.45, 7) is 5.88. The lowest BCUT2D eigenvalue weighted by atomic mass is 10.1. The van der Waals surface area contributed by atoms with Gasteiger partial charge in [0.15, 0.2) is 22.4 Å². The molecule has 3 aromatic rings. The molecule has 0 spiro atoms. The van der Waals surface area contributed by atoms with Crippen molar-refractivity contribution in [3.8, 4) is 11.5 Å². The number of carbonyl (C=O) groups is 2. The summed E-state index contributed by atoms with van der Waals surface area (Å²) in [7, 11) is 1.53. The van der Waals surface area contributed by atoms with E-state index in [4.69, 9.17) is 21.7 Å². The number of thioether (sulfide) groups is 1. The van der Waals surface area contributed by atoms with E-state index in [9.17, 15) is 9.59 Å². The molecule has 1 aliphatic rings. The number of thiocarbonyl (C=S) groups is 1. The molecule has 2 amide bonds. The zero-order chi connectivity index (χ0) is 26.5. The van der Waals surface area contributed by atoms with Crippen LogP contribution in [0.4, 0.5) is 11.4 Å². The third-order valence-electron chi connectivity index (χ3n) is 5.75. The molecule has 190 valence electrons. The van der Waals surface area contributed by atoms with Crippen molar-refractivity contribution in [2.24, 2.45) is 0 Å². The predicted octanol–water partition coefficient (Wildman–Crippen LogP) is 6.30. The minimum atomic E-state index is -0.272. The van der Waals surface area contributed by atoms with E-state index in [1.165, 1.54) is 24.4 Å². The molecule has 1 heterocycles. The molecule has 0 radical (unpaired) electrons. The molecule has 1 N–H and O–H groups in total. The van der Waals surface area contributed by atoms with Gasteiger partial charge in [-0.25, -0.2) is 0 Å². The molecule has 0 atom stereocenters. The summed E-state index contributed by atoms with van der Waals surface area (Å²) in [5, 5.41) is 2.85. The Balaban J connectivity index is 1.44. The van der Waals surface area contributed by atoms with Crippen LogP contribution in [0.5, 0.6) is 11.5 Å². The number of nitrogens with one attached hydrogen (secondary N) is 1. The van der Waals surface area contributed by atoms with Gasteiger partial charge in [0.25, 0.3) is 11.8 Å². The second-order valence-electron chi connectivity index (χ2n) is 8.66. The average molecular weight is 533 g/mol. The number of nitrogens with zero attached hydrogens (tertiary/aromatic N) is 1. The van der Waals surface area contributed by atoms with Gasteiger partial charge in [-0.2, -0.15) is 0 Å². The molecule has 8 heteroatoms. The quantitative estimate of drug-likeness (QED) is 0.271. The van der Waals surface area contributed by atoms with Crippen LogP contribution >= 0.6 is 24.0 Å². The topological polar surface area (TPSA) is 67.9 Å². The molecule has 6 nitrogen and oxygen atoms in total. The zero-order valence-electron chi connectivity index (χ0n) is 21.2. The summed E-state index contributed by atoms with van der Waals surface area (Å²) in [6.07, 6.45) is 2.70. The highest BCUT2D eigenvalue weighted by atomic mass is 32.2. The normalized spacial score (nSPS) is 14.3. The van der Waals surface area contributed by atoms with Crippen molar-refractivity contribution in [2.75, 3.05) is 23.9 Å². The van der Waals surface area contributed by atoms with E-state index >= 15 is 0 Å². The minimum absolute atomic E-state index is 0.165. The van der Waals surface area contributed by atoms with Crippen LogP contribution in [0.2, 0.25) is 0 Å². The van der Waals surface area contributed by atoms with Gasteiger partial charge < -0.3 is 14.8 Å². The van der Waals surface area contributed by atoms with Crippen LogP contribution in [0.15, 0.2) is 65.6 Å². The molecule has 1 fully saturated rings. The van der Waals surface area contributed by atoms with Crippen LogP contribution in [0, 0.1) is 13.8 Å². The van der Waals surface area contributed by atoms with Crippen molar-refractivity contribution in [2.45, 2.75) is 27.2 Å². The summed E-state index contributed by atoms with van der Waals surface area (Å²) in [5.41, 5.74) is 5.57. The molecule has 0 bridgehead atoms. The molecule has 0 unspecified atom stereocenters. The van der Waals surface area contributed by atoms with E-state index in [0.717, 1.165) is 34.5 Å². The molecule has 0 aromatic heterocycles. The van der Waals surface area contributed by atoms with E-state index in [2.05, 4.69) is 12.2 Å². The maximum absolute atomic E-state index is 13.1. The first-order valence-corrected chi connectivity index (χ1v) is 13.1. The van der Waals surface area contributed by atoms with E-state index < -0.39 is 0 Å². The lowest BCUT2D eigenvalue weighted by Gasteiger charge is -2.14. The number of methoxy groups -OCH3 is 1. The second kappa shape index (κ2) is 11.6. The zero-order valence-corrected chi connectivity index (χ0v) is 22.8. The van der Waals surface area contributed by atoms with Crippen molar-refractivity contribution in [1.82, 2.24) is 0 Å². The van der Waals surface area contributed by atoms with E-state index in [-0.39, 0.29) is 18.4 Å². The van der Waals surface area contributed by atoms with E-state index in [1.54, 1.807) is 23.1 Å². The number of amides is 2. The Morgan fingerprint density at radius 2 is 1.73 bits per heavy atom. The molecule has 4 rings (SSSR count). The molecule has 0 saturated carbocycles. The van der Waals surface area contributed by atoms with Crippen LogP contribution < -0.4 is 19.7 Å². The molecule has 1 saturated heterocycles. The van der Waals surface area contributed by atoms with Gasteiger partial charge >= 0.3 is 0 Å². The van der Waals surface area contributed by atoms with Gasteiger partial charge in [0.1, 0.15) is 0 Å². The second-order valence-corrected chi connectivity index (χ2v) is 10.3. The Kier molecular flexibility index (Phi) is 8.31. The van der Waals surface area contributed by atoms with Gasteiger partial charge in [-0.15, -0.1) is 0 Å². The van der Waals surface area contributed by atoms with Crippen LogP contribution in [0.3, 0.4) is 0 Å². The van der Waals surface area contributed by atoms with Crippen LogP contribution in [0.1, 0.15) is 29.2 Å². The third-order valence-corrected chi connectivity index (χ3v) is 7.05. The number of carbonyl (C=O) groups excluding carboxylic acids is 2. The summed E-state index contributed by atoms with van der Waals surface area (Å²) >= 11 is 6.75. The molecular weight excluding hydrogens is 504 g/mol. The van der Waals surface area contributed by atoms with Crippen molar-refractivity contribution in [3.63, 3.8) is 0 Å². The number of ether oxygens (including phenoxy) is 2. The number of aryl methyl sites for hydroxylation is 3. The van der Waals surface area contributed by atoms with E-state index in [1.807, 2.05) is 62.4 Å². The number of hydrogen-bond acceptors (Lipinski definition) is 6. The third kappa shape index (κ3) is 6.39. The van der Waals surface area contributed by atoms with Gasteiger partial charge in [0.2, 0.25) is 0 Å². The lowest BCUT2D eigenvalue weighted by molar-refractivity contribution is -0.118. The van der Waals surface area contributed by atoms with Gasteiger partial charge in [-0.3, -0.25) is 14.5 Å². The van der Waals surface area contributed by atoms with Crippen molar-refractivity contribution < 1.29 is 19.1 Å². The minimum Gasteiger partial charge on any atom is -0.493 e. The highest BCUT2D eigenvalue weighted by Gasteiger charge is 2.33. The fourth-order valence-corrected chi connectivity index (χ4v) is 5.30. The number of hydrogen-bond donors (Lipinski definition) is 1. The van der Waals surface area contributed by atoms with Gasteiger partial charge in [0, 0.05) is 5.69 Å². The molecule has 1 aliphatic heterocycles. The molecular formula is C29H28N2O4S2. The highest BCUT2D eigenvalue weighted by Crippen LogP contribution is 2.37. The first kappa shape index (κ1) is 26.4. The summed E-state index contributed by atoms with van der Waals surface area (Å²) < 4.78 is 11.7. The average Bonchev–Trinajstić information content (AvgIpc) is 3.14. The number of anilines is 2. The summed E-state index contributed by atoms with van der Waals surface area (Å²) in [4.78, 5) is 27.6. The van der Waals surface area contributed by atoms with Gasteiger partial charge in [0.05, 0.1) is 17.7 Å². The van der Waals surface area contributed by atoms with Crippen LogP contribution in [-0.4, -0.2) is 29.9 Å². The SMILES string of the molecule is CCc1ccc(N2C(=O)/C(=C/c3ccc(OCC(=O)Nc4cc(C)cc(C)c4)c(OC)c3)SC2=S)cc1. The molecule has 37 heavy (non-hydrogen) atoms. The van der Waals surface area contributed by atoms with Gasteiger partial charge in [-0.1, -0.05) is 55.2 Å². The fourth-order valence-electron chi connectivity index (χ4n) is 4.00. The Morgan fingerprint density at radius 1 is 1.03 bits per heavy atom. The monoisotopic (exact) mass is 532 g/mol. The number of benzene rings is 3. The summed E-state index contributed by atoms with van der Waals surface area (Å²) in [6, 6.07) is 19.0.